The molecule has 218 valence electrons. The molecule has 3 atom stereocenters. The van der Waals surface area contributed by atoms with Crippen LogP contribution in [0, 0.1) is 11.6 Å². The van der Waals surface area contributed by atoms with Crippen LogP contribution in [-0.2, 0) is 33.7 Å². The van der Waals surface area contributed by atoms with Crippen molar-refractivity contribution < 1.29 is 27.8 Å². The summed E-state index contributed by atoms with van der Waals surface area (Å²) in [6, 6.07) is 16.5. The van der Waals surface area contributed by atoms with Gasteiger partial charge in [0.2, 0.25) is 5.91 Å². The van der Waals surface area contributed by atoms with E-state index < -0.39 is 23.9 Å². The molecule has 0 aromatic heterocycles. The molecule has 1 heterocycles. The molecule has 1 aliphatic rings. The largest absolute Gasteiger partial charge is 0.448 e. The number of hydrogen-bond acceptors (Lipinski definition) is 6. The number of carbonyl (C=O) groups is 2. The van der Waals surface area contributed by atoms with Gasteiger partial charge < -0.3 is 31.2 Å². The number of hydrogen-bond donors (Lipinski definition) is 4. The van der Waals surface area contributed by atoms with Gasteiger partial charge in [-0.05, 0) is 60.7 Å². The Balaban J connectivity index is 1.20. The molecule has 3 aromatic rings. The summed E-state index contributed by atoms with van der Waals surface area (Å²) in [6.07, 6.45) is 0.316. The summed E-state index contributed by atoms with van der Waals surface area (Å²) in [7, 11) is 0. The lowest BCUT2D eigenvalue weighted by molar-refractivity contribution is -0.117. The summed E-state index contributed by atoms with van der Waals surface area (Å²) >= 11 is 6.18. The summed E-state index contributed by atoms with van der Waals surface area (Å²) in [5.41, 5.74) is 8.36. The molecule has 3 aromatic carbocycles. The predicted molar refractivity (Wildman–Crippen MR) is 153 cm³/mol. The van der Waals surface area contributed by atoms with Crippen LogP contribution < -0.4 is 21.7 Å². The zero-order valence-electron chi connectivity index (χ0n) is 22.4. The van der Waals surface area contributed by atoms with Crippen LogP contribution in [0.15, 0.2) is 66.7 Å². The molecule has 11 heteroatoms. The smallest absolute Gasteiger partial charge is 0.407 e. The highest BCUT2D eigenvalue weighted by Crippen LogP contribution is 2.23. The topological polar surface area (TPSA) is 115 Å². The van der Waals surface area contributed by atoms with Gasteiger partial charge in [-0.15, -0.1) is 0 Å². The minimum absolute atomic E-state index is 0.111. The molecule has 5 N–H and O–H groups in total. The van der Waals surface area contributed by atoms with Crippen molar-refractivity contribution in [1.29, 1.82) is 0 Å². The number of amides is 2. The van der Waals surface area contributed by atoms with Crippen LogP contribution in [0.3, 0.4) is 0 Å². The fourth-order valence-electron chi connectivity index (χ4n) is 4.42. The van der Waals surface area contributed by atoms with Crippen molar-refractivity contribution in [3.8, 4) is 0 Å². The van der Waals surface area contributed by atoms with Gasteiger partial charge in [0, 0.05) is 29.4 Å². The second kappa shape index (κ2) is 14.9. The third kappa shape index (κ3) is 9.22. The molecule has 0 spiro atoms. The molecular weight excluding hydrogens is 554 g/mol. The molecule has 8 nitrogen and oxygen atoms in total. The average molecular weight is 587 g/mol. The molecule has 0 bridgehead atoms. The van der Waals surface area contributed by atoms with Crippen molar-refractivity contribution in [2.75, 3.05) is 25.1 Å². The van der Waals surface area contributed by atoms with Crippen molar-refractivity contribution in [3.05, 3.63) is 100 Å². The fourth-order valence-corrected chi connectivity index (χ4v) is 4.63. The number of carbonyl (C=O) groups excluding carboxylic acids is 2. The summed E-state index contributed by atoms with van der Waals surface area (Å²) in [5.74, 6) is -1.20. The van der Waals surface area contributed by atoms with Crippen molar-refractivity contribution in [2.45, 2.75) is 44.0 Å². The van der Waals surface area contributed by atoms with E-state index in [0.29, 0.717) is 42.3 Å². The third-order valence-corrected chi connectivity index (χ3v) is 7.13. The Morgan fingerprint density at radius 3 is 2.61 bits per heavy atom. The highest BCUT2D eigenvalue weighted by Gasteiger charge is 2.24. The number of ether oxygens (including phenoxy) is 2. The van der Waals surface area contributed by atoms with E-state index in [0.717, 1.165) is 11.1 Å². The molecule has 4 rings (SSSR count). The lowest BCUT2D eigenvalue weighted by atomic mass is 10.0. The maximum Gasteiger partial charge on any atom is 0.407 e. The van der Waals surface area contributed by atoms with Crippen LogP contribution in [0.4, 0.5) is 19.3 Å². The predicted octanol–water partition coefficient (Wildman–Crippen LogP) is 4.34. The number of halogens is 3. The number of nitrogens with two attached hydrogens (primary N) is 1. The second-order valence-electron chi connectivity index (χ2n) is 9.83. The lowest BCUT2D eigenvalue weighted by Crippen LogP contribution is -2.49. The van der Waals surface area contributed by atoms with E-state index in [9.17, 15) is 18.4 Å². The first-order valence-electron chi connectivity index (χ1n) is 13.4. The third-order valence-electron chi connectivity index (χ3n) is 6.76. The number of morpholine rings is 1. The first kappa shape index (κ1) is 30.4. The average Bonchev–Trinajstić information content (AvgIpc) is 2.97. The maximum atomic E-state index is 14.8. The quantitative estimate of drug-likeness (QED) is 0.266. The standard InChI is InChI=1S/C30H33ClF2N4O4/c31-25-5-2-1-4-20(25)14-27(34)29(38)37-28-7-3-6-26(33)24(28)13-12-23-16-35-22(17-40-23)18-41-30(39)36-15-19-8-10-21(32)11-9-19/h1-11,22-23,27,35H,12-18,34H2,(H,36,39)(H,37,38)/t22-,23+,27-/m0/s1. The first-order valence-corrected chi connectivity index (χ1v) is 13.7. The van der Waals surface area contributed by atoms with Gasteiger partial charge in [0.25, 0.3) is 0 Å². The summed E-state index contributed by atoms with van der Waals surface area (Å²) < 4.78 is 38.9. The Hall–Kier alpha value is -3.57. The summed E-state index contributed by atoms with van der Waals surface area (Å²) in [4.78, 5) is 24.8. The number of benzene rings is 3. The Morgan fingerprint density at radius 1 is 1.10 bits per heavy atom. The van der Waals surface area contributed by atoms with Gasteiger partial charge in [0.15, 0.2) is 0 Å². The SMILES string of the molecule is N[C@@H](Cc1ccccc1Cl)C(=O)Nc1cccc(F)c1CC[C@@H]1CN[C@H](COC(=O)NCc2ccc(F)cc2)CO1. The summed E-state index contributed by atoms with van der Waals surface area (Å²) in [6.45, 7) is 1.14. The number of rotatable bonds is 11. The monoisotopic (exact) mass is 586 g/mol. The van der Waals surface area contributed by atoms with Gasteiger partial charge in [-0.25, -0.2) is 13.6 Å². The van der Waals surface area contributed by atoms with Crippen LogP contribution >= 0.6 is 11.6 Å². The van der Waals surface area contributed by atoms with E-state index in [1.54, 1.807) is 30.3 Å². The molecule has 0 radical (unpaired) electrons. The van der Waals surface area contributed by atoms with E-state index in [4.69, 9.17) is 26.8 Å². The van der Waals surface area contributed by atoms with Crippen LogP contribution in [0.25, 0.3) is 0 Å². The van der Waals surface area contributed by atoms with Crippen molar-refractivity contribution in [1.82, 2.24) is 10.6 Å². The normalized spacial score (nSPS) is 17.5. The van der Waals surface area contributed by atoms with Gasteiger partial charge in [-0.2, -0.15) is 0 Å². The Kier molecular flexibility index (Phi) is 11.0. The first-order chi connectivity index (χ1) is 19.8. The molecule has 41 heavy (non-hydrogen) atoms. The molecule has 0 unspecified atom stereocenters. The fraction of sp³-hybridized carbons (Fsp3) is 0.333. The van der Waals surface area contributed by atoms with Gasteiger partial charge in [-0.1, -0.05) is 48.0 Å². The van der Waals surface area contributed by atoms with Crippen LogP contribution in [-0.4, -0.2) is 49.9 Å². The lowest BCUT2D eigenvalue weighted by Gasteiger charge is -2.30. The molecule has 1 fully saturated rings. The summed E-state index contributed by atoms with van der Waals surface area (Å²) in [5, 5.41) is 9.19. The van der Waals surface area contributed by atoms with Crippen LogP contribution in [0.1, 0.15) is 23.1 Å². The minimum atomic E-state index is -0.860. The zero-order chi connectivity index (χ0) is 29.2. The molecule has 0 aliphatic carbocycles. The minimum Gasteiger partial charge on any atom is -0.448 e. The van der Waals surface area contributed by atoms with E-state index in [-0.39, 0.29) is 37.5 Å². The Morgan fingerprint density at radius 2 is 1.88 bits per heavy atom. The van der Waals surface area contributed by atoms with Gasteiger partial charge in [-0.3, -0.25) is 4.79 Å². The van der Waals surface area contributed by atoms with Crippen molar-refractivity contribution >= 4 is 29.3 Å². The highest BCUT2D eigenvalue weighted by atomic mass is 35.5. The van der Waals surface area contributed by atoms with Gasteiger partial charge >= 0.3 is 6.09 Å². The molecule has 1 aliphatic heterocycles. The number of nitrogens with one attached hydrogen (secondary N) is 3. The molecule has 2 amide bonds. The Bertz CT molecular complexity index is 1320. The van der Waals surface area contributed by atoms with Crippen molar-refractivity contribution in [3.63, 3.8) is 0 Å². The van der Waals surface area contributed by atoms with Crippen molar-refractivity contribution in [2.24, 2.45) is 5.73 Å². The Labute approximate surface area is 242 Å². The van der Waals surface area contributed by atoms with E-state index in [2.05, 4.69) is 16.0 Å². The van der Waals surface area contributed by atoms with E-state index in [1.165, 1.54) is 24.3 Å². The van der Waals surface area contributed by atoms with E-state index in [1.807, 2.05) is 12.1 Å². The van der Waals surface area contributed by atoms with Gasteiger partial charge in [0.1, 0.15) is 18.2 Å². The zero-order valence-corrected chi connectivity index (χ0v) is 23.1. The molecule has 0 saturated carbocycles. The van der Waals surface area contributed by atoms with Gasteiger partial charge in [0.05, 0.1) is 24.8 Å². The maximum absolute atomic E-state index is 14.8. The van der Waals surface area contributed by atoms with Crippen LogP contribution in [0.5, 0.6) is 0 Å². The molecule has 1 saturated heterocycles. The van der Waals surface area contributed by atoms with Crippen LogP contribution in [0.2, 0.25) is 5.02 Å². The molecular formula is C30H33ClF2N4O4. The van der Waals surface area contributed by atoms with E-state index >= 15 is 0 Å². The highest BCUT2D eigenvalue weighted by molar-refractivity contribution is 6.31. The number of alkyl carbamates (subject to hydrolysis) is 1. The second-order valence-corrected chi connectivity index (χ2v) is 10.2. The number of anilines is 1.